The number of hydrogen-bond acceptors (Lipinski definition) is 3. The molecule has 2 heterocycles. The molecule has 0 aromatic heterocycles. The summed E-state index contributed by atoms with van der Waals surface area (Å²) in [5.74, 6) is -0.500. The van der Waals surface area contributed by atoms with E-state index >= 15 is 0 Å². The number of amides is 2. The van der Waals surface area contributed by atoms with Crippen molar-refractivity contribution in [2.24, 2.45) is 5.92 Å². The molecular formula is C24H27ClFN3O2. The molecule has 164 valence electrons. The summed E-state index contributed by atoms with van der Waals surface area (Å²) in [6.45, 7) is 3.48. The highest BCUT2D eigenvalue weighted by atomic mass is 35.5. The zero-order chi connectivity index (χ0) is 21.8. The van der Waals surface area contributed by atoms with Crippen LogP contribution < -0.4 is 5.32 Å². The number of carbonyl (C=O) groups excluding carboxylic acids is 2. The van der Waals surface area contributed by atoms with Crippen molar-refractivity contribution in [2.45, 2.75) is 32.2 Å². The molecule has 2 aromatic rings. The lowest BCUT2D eigenvalue weighted by molar-refractivity contribution is -0.121. The van der Waals surface area contributed by atoms with Gasteiger partial charge in [-0.15, -0.1) is 0 Å². The van der Waals surface area contributed by atoms with E-state index in [-0.39, 0.29) is 23.5 Å². The first-order valence-corrected chi connectivity index (χ1v) is 11.2. The van der Waals surface area contributed by atoms with Crippen LogP contribution in [-0.2, 0) is 11.3 Å². The van der Waals surface area contributed by atoms with Gasteiger partial charge in [0, 0.05) is 36.1 Å². The molecule has 0 spiro atoms. The largest absolute Gasteiger partial charge is 0.339 e. The number of anilines is 1. The van der Waals surface area contributed by atoms with Crippen LogP contribution in [0, 0.1) is 11.7 Å². The van der Waals surface area contributed by atoms with Crippen molar-refractivity contribution in [1.82, 2.24) is 9.80 Å². The summed E-state index contributed by atoms with van der Waals surface area (Å²) in [4.78, 5) is 29.7. The number of hydrogen-bond donors (Lipinski definition) is 1. The maximum Gasteiger partial charge on any atom is 0.255 e. The topological polar surface area (TPSA) is 52.7 Å². The summed E-state index contributed by atoms with van der Waals surface area (Å²) in [5, 5.41) is 3.37. The van der Waals surface area contributed by atoms with Crippen molar-refractivity contribution in [3.8, 4) is 0 Å². The van der Waals surface area contributed by atoms with Crippen LogP contribution in [0.1, 0.15) is 41.6 Å². The normalized spacial score (nSPS) is 17.7. The SMILES string of the molecule is O=C(Nc1ccccc1C(=O)N1CCCC1)C1CCN(Cc2ccc(Cl)cc2F)CC1. The molecule has 0 unspecified atom stereocenters. The number of likely N-dealkylation sites (tertiary alicyclic amines) is 2. The highest BCUT2D eigenvalue weighted by Gasteiger charge is 2.27. The van der Waals surface area contributed by atoms with Crippen molar-refractivity contribution in [1.29, 1.82) is 0 Å². The number of benzene rings is 2. The van der Waals surface area contributed by atoms with E-state index in [1.54, 1.807) is 24.3 Å². The second-order valence-electron chi connectivity index (χ2n) is 8.32. The summed E-state index contributed by atoms with van der Waals surface area (Å²) in [7, 11) is 0. The Balaban J connectivity index is 1.34. The van der Waals surface area contributed by atoms with Crippen LogP contribution in [0.25, 0.3) is 0 Å². The second-order valence-corrected chi connectivity index (χ2v) is 8.76. The Morgan fingerprint density at radius 3 is 2.45 bits per heavy atom. The average molecular weight is 444 g/mol. The minimum absolute atomic E-state index is 0.0202. The fraction of sp³-hybridized carbons (Fsp3) is 0.417. The Morgan fingerprint density at radius 1 is 1.03 bits per heavy atom. The Kier molecular flexibility index (Phi) is 6.88. The molecule has 0 aliphatic carbocycles. The number of carbonyl (C=O) groups is 2. The van der Waals surface area contributed by atoms with Gasteiger partial charge < -0.3 is 10.2 Å². The molecule has 2 saturated heterocycles. The second kappa shape index (κ2) is 9.79. The number of para-hydroxylation sites is 1. The maximum atomic E-state index is 14.1. The van der Waals surface area contributed by atoms with E-state index < -0.39 is 0 Å². The standard InChI is InChI=1S/C24H27ClFN3O2/c25-19-8-7-18(21(26)15-19)16-28-13-9-17(10-14-28)23(30)27-22-6-2-1-5-20(22)24(31)29-11-3-4-12-29/h1-2,5-8,15,17H,3-4,9-14,16H2,(H,27,30). The summed E-state index contributed by atoms with van der Waals surface area (Å²) >= 11 is 5.83. The zero-order valence-corrected chi connectivity index (χ0v) is 18.2. The van der Waals surface area contributed by atoms with Gasteiger partial charge in [0.1, 0.15) is 5.82 Å². The molecule has 4 rings (SSSR count). The Labute approximate surface area is 187 Å². The number of halogens is 2. The first kappa shape index (κ1) is 21.8. The molecule has 0 atom stereocenters. The summed E-state index contributed by atoms with van der Waals surface area (Å²) in [5.41, 5.74) is 1.74. The minimum atomic E-state index is -0.299. The summed E-state index contributed by atoms with van der Waals surface area (Å²) in [6.07, 6.45) is 3.45. The smallest absolute Gasteiger partial charge is 0.255 e. The molecule has 7 heteroatoms. The van der Waals surface area contributed by atoms with E-state index in [9.17, 15) is 14.0 Å². The molecule has 2 fully saturated rings. The van der Waals surface area contributed by atoms with Crippen LogP contribution in [0.4, 0.5) is 10.1 Å². The van der Waals surface area contributed by atoms with Crippen LogP contribution >= 0.6 is 11.6 Å². The molecule has 2 aliphatic heterocycles. The molecule has 2 aromatic carbocycles. The van der Waals surface area contributed by atoms with Crippen LogP contribution in [0.2, 0.25) is 5.02 Å². The quantitative estimate of drug-likeness (QED) is 0.736. The van der Waals surface area contributed by atoms with E-state index in [0.29, 0.717) is 54.3 Å². The van der Waals surface area contributed by atoms with Crippen LogP contribution in [-0.4, -0.2) is 47.8 Å². The molecule has 0 bridgehead atoms. The maximum absolute atomic E-state index is 14.1. The van der Waals surface area contributed by atoms with Gasteiger partial charge in [-0.3, -0.25) is 14.5 Å². The molecular weight excluding hydrogens is 417 g/mol. The lowest BCUT2D eigenvalue weighted by Gasteiger charge is -2.31. The van der Waals surface area contributed by atoms with Crippen LogP contribution in [0.15, 0.2) is 42.5 Å². The first-order chi connectivity index (χ1) is 15.0. The number of nitrogens with one attached hydrogen (secondary N) is 1. The molecule has 0 saturated carbocycles. The monoisotopic (exact) mass is 443 g/mol. The van der Waals surface area contributed by atoms with Crippen molar-refractivity contribution >= 4 is 29.1 Å². The van der Waals surface area contributed by atoms with Gasteiger partial charge in [0.05, 0.1) is 11.3 Å². The minimum Gasteiger partial charge on any atom is -0.339 e. The number of nitrogens with zero attached hydrogens (tertiary/aromatic N) is 2. The van der Waals surface area contributed by atoms with Gasteiger partial charge in [0.15, 0.2) is 0 Å². The van der Waals surface area contributed by atoms with Gasteiger partial charge in [-0.1, -0.05) is 29.8 Å². The molecule has 5 nitrogen and oxygen atoms in total. The van der Waals surface area contributed by atoms with Crippen molar-refractivity contribution in [3.05, 3.63) is 64.4 Å². The lowest BCUT2D eigenvalue weighted by atomic mass is 9.95. The molecule has 2 amide bonds. The van der Waals surface area contributed by atoms with E-state index in [1.165, 1.54) is 6.07 Å². The molecule has 1 N–H and O–H groups in total. The Bertz CT molecular complexity index is 954. The van der Waals surface area contributed by atoms with Crippen molar-refractivity contribution in [3.63, 3.8) is 0 Å². The third kappa shape index (κ3) is 5.25. The average Bonchev–Trinajstić information content (AvgIpc) is 3.31. The predicted octanol–water partition coefficient (Wildman–Crippen LogP) is 4.57. The Morgan fingerprint density at radius 2 is 1.74 bits per heavy atom. The van der Waals surface area contributed by atoms with Crippen molar-refractivity contribution < 1.29 is 14.0 Å². The number of piperidine rings is 1. The zero-order valence-electron chi connectivity index (χ0n) is 17.4. The van der Waals surface area contributed by atoms with Gasteiger partial charge in [0.2, 0.25) is 5.91 Å². The highest BCUT2D eigenvalue weighted by Crippen LogP contribution is 2.25. The molecule has 2 aliphatic rings. The van der Waals surface area contributed by atoms with E-state index in [1.807, 2.05) is 17.0 Å². The first-order valence-electron chi connectivity index (χ1n) is 10.9. The summed E-state index contributed by atoms with van der Waals surface area (Å²) in [6, 6.07) is 12.0. The third-order valence-electron chi connectivity index (χ3n) is 6.18. The van der Waals surface area contributed by atoms with Crippen LogP contribution in [0.3, 0.4) is 0 Å². The van der Waals surface area contributed by atoms with E-state index in [0.717, 1.165) is 25.9 Å². The van der Waals surface area contributed by atoms with E-state index in [4.69, 9.17) is 11.6 Å². The Hall–Kier alpha value is -2.44. The van der Waals surface area contributed by atoms with E-state index in [2.05, 4.69) is 10.2 Å². The highest BCUT2D eigenvalue weighted by molar-refractivity contribution is 6.30. The van der Waals surface area contributed by atoms with Gasteiger partial charge in [-0.2, -0.15) is 0 Å². The molecule has 0 radical (unpaired) electrons. The third-order valence-corrected chi connectivity index (χ3v) is 6.41. The van der Waals surface area contributed by atoms with Gasteiger partial charge in [0.25, 0.3) is 5.91 Å². The predicted molar refractivity (Wildman–Crippen MR) is 120 cm³/mol. The molecule has 31 heavy (non-hydrogen) atoms. The van der Waals surface area contributed by atoms with Crippen LogP contribution in [0.5, 0.6) is 0 Å². The fourth-order valence-electron chi connectivity index (χ4n) is 4.35. The van der Waals surface area contributed by atoms with Crippen molar-refractivity contribution in [2.75, 3.05) is 31.5 Å². The van der Waals surface area contributed by atoms with Gasteiger partial charge >= 0.3 is 0 Å². The fourth-order valence-corrected chi connectivity index (χ4v) is 4.51. The summed E-state index contributed by atoms with van der Waals surface area (Å²) < 4.78 is 14.1. The number of rotatable bonds is 5. The lowest BCUT2D eigenvalue weighted by Crippen LogP contribution is -2.38. The van der Waals surface area contributed by atoms with Gasteiger partial charge in [-0.05, 0) is 63.0 Å². The van der Waals surface area contributed by atoms with Gasteiger partial charge in [-0.25, -0.2) is 4.39 Å².